The van der Waals surface area contributed by atoms with Gasteiger partial charge in [0.25, 0.3) is 0 Å². The van der Waals surface area contributed by atoms with E-state index in [0.717, 1.165) is 59.2 Å². The lowest BCUT2D eigenvalue weighted by molar-refractivity contribution is 0.239. The van der Waals surface area contributed by atoms with Crippen molar-refractivity contribution in [1.29, 1.82) is 0 Å². The smallest absolute Gasteiger partial charge is 0.226 e. The molecule has 0 radical (unpaired) electrons. The van der Waals surface area contributed by atoms with Crippen molar-refractivity contribution >= 4 is 0 Å². The van der Waals surface area contributed by atoms with Crippen LogP contribution in [0.2, 0.25) is 0 Å². The second kappa shape index (κ2) is 8.52. The van der Waals surface area contributed by atoms with Crippen LogP contribution in [0.5, 0.6) is 11.5 Å². The fourth-order valence-electron chi connectivity index (χ4n) is 4.44. The average Bonchev–Trinajstić information content (AvgIpc) is 3.36. The molecule has 1 aromatic heterocycles. The van der Waals surface area contributed by atoms with Gasteiger partial charge in [0.1, 0.15) is 17.3 Å². The quantitative estimate of drug-likeness (QED) is 0.532. The van der Waals surface area contributed by atoms with E-state index >= 15 is 0 Å². The first-order valence-corrected chi connectivity index (χ1v) is 10.5. The summed E-state index contributed by atoms with van der Waals surface area (Å²) < 4.78 is 17.2. The van der Waals surface area contributed by atoms with Crippen LogP contribution in [0.15, 0.2) is 40.8 Å². The van der Waals surface area contributed by atoms with Crippen LogP contribution >= 0.6 is 0 Å². The van der Waals surface area contributed by atoms with E-state index in [0.29, 0.717) is 11.9 Å². The Balaban J connectivity index is 1.61. The molecule has 2 heterocycles. The van der Waals surface area contributed by atoms with Crippen LogP contribution in [0, 0.1) is 20.8 Å². The van der Waals surface area contributed by atoms with E-state index in [4.69, 9.17) is 18.9 Å². The highest BCUT2D eigenvalue weighted by molar-refractivity contribution is 5.63. The first-order chi connectivity index (χ1) is 14.5. The molecular weight excluding hydrogens is 376 g/mol. The molecule has 1 aliphatic rings. The Kier molecular flexibility index (Phi) is 5.82. The van der Waals surface area contributed by atoms with Crippen LogP contribution in [-0.2, 0) is 6.54 Å². The Hall–Kier alpha value is -2.79. The first kappa shape index (κ1) is 20.5. The van der Waals surface area contributed by atoms with Crippen LogP contribution in [0.1, 0.15) is 47.0 Å². The third-order valence-corrected chi connectivity index (χ3v) is 6.29. The normalized spacial score (nSPS) is 16.8. The molecule has 0 N–H and O–H groups in total. The molecule has 30 heavy (non-hydrogen) atoms. The zero-order valence-corrected chi connectivity index (χ0v) is 18.5. The van der Waals surface area contributed by atoms with Crippen LogP contribution in [-0.4, -0.2) is 30.6 Å². The number of hydrogen-bond acceptors (Lipinski definition) is 5. The van der Waals surface area contributed by atoms with Crippen molar-refractivity contribution in [3.05, 3.63) is 64.5 Å². The summed E-state index contributed by atoms with van der Waals surface area (Å²) in [6, 6.07) is 12.7. The summed E-state index contributed by atoms with van der Waals surface area (Å²) in [5.74, 6) is 3.40. The molecule has 1 unspecified atom stereocenters. The highest BCUT2D eigenvalue weighted by atomic mass is 16.5. The molecule has 5 nitrogen and oxygen atoms in total. The highest BCUT2D eigenvalue weighted by Gasteiger charge is 2.29. The number of para-hydroxylation sites is 1. The highest BCUT2D eigenvalue weighted by Crippen LogP contribution is 2.38. The number of ether oxygens (including phenoxy) is 2. The Labute approximate surface area is 178 Å². The van der Waals surface area contributed by atoms with E-state index in [1.165, 1.54) is 12.0 Å². The van der Waals surface area contributed by atoms with Crippen molar-refractivity contribution in [3.8, 4) is 23.0 Å². The first-order valence-electron chi connectivity index (χ1n) is 10.5. The SMILES string of the molecule is COc1ccccc1C1CCCN1Cc1nc(-c2ccc(OC)c(C)c2C)oc1C. The molecule has 4 rings (SSSR count). The van der Waals surface area contributed by atoms with E-state index in [9.17, 15) is 0 Å². The maximum absolute atomic E-state index is 6.10. The van der Waals surface area contributed by atoms with Gasteiger partial charge in [-0.2, -0.15) is 0 Å². The number of aromatic nitrogens is 1. The Morgan fingerprint density at radius 1 is 1.00 bits per heavy atom. The minimum Gasteiger partial charge on any atom is -0.496 e. The largest absolute Gasteiger partial charge is 0.496 e. The van der Waals surface area contributed by atoms with E-state index in [2.05, 4.69) is 30.9 Å². The predicted octanol–water partition coefficient (Wildman–Crippen LogP) is 5.62. The summed E-state index contributed by atoms with van der Waals surface area (Å²) in [5.41, 5.74) is 5.52. The summed E-state index contributed by atoms with van der Waals surface area (Å²) in [6.45, 7) is 7.98. The fraction of sp³-hybridized carbons (Fsp3) is 0.400. The summed E-state index contributed by atoms with van der Waals surface area (Å²) in [4.78, 5) is 7.38. The van der Waals surface area contributed by atoms with Gasteiger partial charge in [-0.15, -0.1) is 0 Å². The number of methoxy groups -OCH3 is 2. The van der Waals surface area contributed by atoms with Gasteiger partial charge in [0.15, 0.2) is 0 Å². The summed E-state index contributed by atoms with van der Waals surface area (Å²) in [7, 11) is 3.44. The topological polar surface area (TPSA) is 47.7 Å². The molecule has 5 heteroatoms. The Morgan fingerprint density at radius 3 is 2.53 bits per heavy atom. The molecular formula is C25H30N2O3. The van der Waals surface area contributed by atoms with Gasteiger partial charge < -0.3 is 13.9 Å². The molecule has 1 aliphatic heterocycles. The molecule has 1 atom stereocenters. The molecule has 0 bridgehead atoms. The third kappa shape index (κ3) is 3.70. The predicted molar refractivity (Wildman–Crippen MR) is 118 cm³/mol. The van der Waals surface area contributed by atoms with Crippen molar-refractivity contribution in [2.45, 2.75) is 46.2 Å². The lowest BCUT2D eigenvalue weighted by Gasteiger charge is -2.25. The molecule has 0 aliphatic carbocycles. The number of rotatable bonds is 6. The van der Waals surface area contributed by atoms with Crippen LogP contribution in [0.3, 0.4) is 0 Å². The molecule has 2 aromatic carbocycles. The Bertz CT molecular complexity index is 1040. The minimum atomic E-state index is 0.339. The van der Waals surface area contributed by atoms with E-state index in [1.54, 1.807) is 14.2 Å². The maximum atomic E-state index is 6.10. The van der Waals surface area contributed by atoms with Gasteiger partial charge in [0.2, 0.25) is 5.89 Å². The minimum absolute atomic E-state index is 0.339. The number of nitrogens with zero attached hydrogens (tertiary/aromatic N) is 2. The van der Waals surface area contributed by atoms with Crippen molar-refractivity contribution in [2.75, 3.05) is 20.8 Å². The molecule has 1 fully saturated rings. The second-order valence-corrected chi connectivity index (χ2v) is 7.96. The average molecular weight is 407 g/mol. The standard InChI is InChI=1S/C25H30N2O3/c1-16-17(2)23(28-4)13-12-19(16)25-26-21(18(3)30-25)15-27-14-8-10-22(27)20-9-6-7-11-24(20)29-5/h6-7,9,11-13,22H,8,10,14-15H2,1-5H3. The molecule has 0 saturated carbocycles. The second-order valence-electron chi connectivity index (χ2n) is 7.96. The summed E-state index contributed by atoms with van der Waals surface area (Å²) in [6.07, 6.45) is 2.30. The molecule has 3 aromatic rings. The molecule has 1 saturated heterocycles. The van der Waals surface area contributed by atoms with Gasteiger partial charge in [0, 0.05) is 23.7 Å². The maximum Gasteiger partial charge on any atom is 0.226 e. The van der Waals surface area contributed by atoms with Gasteiger partial charge in [0.05, 0.1) is 19.9 Å². The number of benzene rings is 2. The third-order valence-electron chi connectivity index (χ3n) is 6.29. The van der Waals surface area contributed by atoms with Crippen molar-refractivity contribution < 1.29 is 13.9 Å². The van der Waals surface area contributed by atoms with Gasteiger partial charge in [-0.05, 0) is 69.5 Å². The summed E-state index contributed by atoms with van der Waals surface area (Å²) >= 11 is 0. The van der Waals surface area contributed by atoms with E-state index in [-0.39, 0.29) is 0 Å². The lowest BCUT2D eigenvalue weighted by atomic mass is 10.0. The summed E-state index contributed by atoms with van der Waals surface area (Å²) in [5, 5.41) is 0. The Morgan fingerprint density at radius 2 is 1.77 bits per heavy atom. The fourth-order valence-corrected chi connectivity index (χ4v) is 4.44. The van der Waals surface area contributed by atoms with Crippen molar-refractivity contribution in [2.24, 2.45) is 0 Å². The molecule has 0 amide bonds. The van der Waals surface area contributed by atoms with E-state index < -0.39 is 0 Å². The molecule has 158 valence electrons. The zero-order valence-electron chi connectivity index (χ0n) is 18.5. The van der Waals surface area contributed by atoms with Crippen molar-refractivity contribution in [1.82, 2.24) is 9.88 Å². The van der Waals surface area contributed by atoms with Crippen molar-refractivity contribution in [3.63, 3.8) is 0 Å². The van der Waals surface area contributed by atoms with Crippen LogP contribution in [0.25, 0.3) is 11.5 Å². The van der Waals surface area contributed by atoms with Gasteiger partial charge in [-0.25, -0.2) is 4.98 Å². The number of likely N-dealkylation sites (tertiary alicyclic amines) is 1. The monoisotopic (exact) mass is 406 g/mol. The molecule has 0 spiro atoms. The zero-order chi connectivity index (χ0) is 21.3. The number of hydrogen-bond donors (Lipinski definition) is 0. The van der Waals surface area contributed by atoms with Gasteiger partial charge in [-0.1, -0.05) is 18.2 Å². The van der Waals surface area contributed by atoms with Crippen LogP contribution < -0.4 is 9.47 Å². The number of oxazole rings is 1. The van der Waals surface area contributed by atoms with Crippen LogP contribution in [0.4, 0.5) is 0 Å². The number of aryl methyl sites for hydroxylation is 1. The lowest BCUT2D eigenvalue weighted by Crippen LogP contribution is -2.23. The van der Waals surface area contributed by atoms with Gasteiger partial charge >= 0.3 is 0 Å². The van der Waals surface area contributed by atoms with E-state index in [1.807, 2.05) is 31.2 Å². The van der Waals surface area contributed by atoms with Gasteiger partial charge in [-0.3, -0.25) is 4.90 Å².